The topological polar surface area (TPSA) is 93.7 Å². The lowest BCUT2D eigenvalue weighted by atomic mass is 9.98. The molecule has 3 rings (SSSR count). The predicted octanol–water partition coefficient (Wildman–Crippen LogP) is 3.81. The van der Waals surface area contributed by atoms with E-state index in [1.165, 1.54) is 0 Å². The molecule has 2 aromatic rings. The van der Waals surface area contributed by atoms with Gasteiger partial charge in [-0.05, 0) is 56.7 Å². The zero-order chi connectivity index (χ0) is 23.1. The molecule has 1 N–H and O–H groups in total. The van der Waals surface area contributed by atoms with E-state index in [2.05, 4.69) is 15.3 Å². The number of nitrogens with zero attached hydrogens (tertiary/aromatic N) is 3. The largest absolute Gasteiger partial charge is 0.463 e. The smallest absolute Gasteiger partial charge is 0.407 e. The van der Waals surface area contributed by atoms with E-state index >= 15 is 0 Å². The molecule has 1 aromatic heterocycles. The summed E-state index contributed by atoms with van der Waals surface area (Å²) in [5.41, 5.74) is 2.24. The van der Waals surface area contributed by atoms with Gasteiger partial charge in [0.2, 0.25) is 5.91 Å². The molecule has 1 fully saturated rings. The Kier molecular flexibility index (Phi) is 7.66. The lowest BCUT2D eigenvalue weighted by Gasteiger charge is -2.30. The summed E-state index contributed by atoms with van der Waals surface area (Å²) in [7, 11) is 0. The summed E-state index contributed by atoms with van der Waals surface area (Å²) in [6.07, 6.45) is 4.89. The molecule has 32 heavy (non-hydrogen) atoms. The van der Waals surface area contributed by atoms with E-state index in [9.17, 15) is 9.59 Å². The van der Waals surface area contributed by atoms with E-state index in [4.69, 9.17) is 9.47 Å². The van der Waals surface area contributed by atoms with Crippen LogP contribution in [0, 0.1) is 5.92 Å². The Labute approximate surface area is 189 Å². The van der Waals surface area contributed by atoms with Crippen LogP contribution in [0.1, 0.15) is 46.1 Å². The van der Waals surface area contributed by atoms with Crippen LogP contribution >= 0.6 is 0 Å². The molecule has 0 unspecified atom stereocenters. The van der Waals surface area contributed by atoms with Gasteiger partial charge >= 0.3 is 12.1 Å². The van der Waals surface area contributed by atoms with Gasteiger partial charge in [-0.1, -0.05) is 18.2 Å². The van der Waals surface area contributed by atoms with E-state index in [-0.39, 0.29) is 5.91 Å². The highest BCUT2D eigenvalue weighted by Crippen LogP contribution is 2.21. The summed E-state index contributed by atoms with van der Waals surface area (Å²) in [5, 5.41) is 2.77. The molecule has 0 atom stereocenters. The highest BCUT2D eigenvalue weighted by atomic mass is 16.6. The van der Waals surface area contributed by atoms with Gasteiger partial charge in [0, 0.05) is 44.5 Å². The number of aromatic nitrogens is 2. The van der Waals surface area contributed by atoms with Gasteiger partial charge in [0.25, 0.3) is 0 Å². The summed E-state index contributed by atoms with van der Waals surface area (Å²) in [4.78, 5) is 33.8. The second-order valence-electron chi connectivity index (χ2n) is 9.07. The van der Waals surface area contributed by atoms with Gasteiger partial charge in [-0.3, -0.25) is 4.79 Å². The maximum atomic E-state index is 11.9. The molecular weight excluding hydrogens is 408 g/mol. The van der Waals surface area contributed by atoms with Crippen molar-refractivity contribution in [3.8, 4) is 17.1 Å². The number of nitrogens with one attached hydrogen (secondary N) is 1. The van der Waals surface area contributed by atoms with E-state index in [1.807, 2.05) is 49.9 Å². The van der Waals surface area contributed by atoms with Crippen LogP contribution in [0.2, 0.25) is 0 Å². The van der Waals surface area contributed by atoms with Gasteiger partial charge in [-0.25, -0.2) is 14.8 Å². The second-order valence-corrected chi connectivity index (χ2v) is 9.07. The number of ether oxygens (including phenoxy) is 2. The molecule has 0 saturated carbocycles. The third kappa shape index (κ3) is 7.21. The van der Waals surface area contributed by atoms with E-state index in [0.717, 1.165) is 42.6 Å². The average Bonchev–Trinajstić information content (AvgIpc) is 2.76. The monoisotopic (exact) mass is 440 g/mol. The van der Waals surface area contributed by atoms with Crippen molar-refractivity contribution in [3.63, 3.8) is 0 Å². The molecule has 1 aliphatic rings. The van der Waals surface area contributed by atoms with Crippen molar-refractivity contribution in [3.05, 3.63) is 42.2 Å². The van der Waals surface area contributed by atoms with Gasteiger partial charge in [-0.15, -0.1) is 0 Å². The minimum absolute atomic E-state index is 0.132. The van der Waals surface area contributed by atoms with Gasteiger partial charge < -0.3 is 19.7 Å². The second kappa shape index (κ2) is 10.4. The van der Waals surface area contributed by atoms with Crippen LogP contribution in [0.25, 0.3) is 11.1 Å². The van der Waals surface area contributed by atoms with Crippen molar-refractivity contribution in [1.29, 1.82) is 0 Å². The zero-order valence-electron chi connectivity index (χ0n) is 19.3. The molecule has 0 bridgehead atoms. The number of hydrogen-bond acceptors (Lipinski definition) is 6. The van der Waals surface area contributed by atoms with Crippen LogP contribution in [0.3, 0.4) is 0 Å². The molecule has 1 aliphatic heterocycles. The maximum absolute atomic E-state index is 11.9. The lowest BCUT2D eigenvalue weighted by molar-refractivity contribution is -0.130. The molecule has 0 spiro atoms. The molecule has 0 aliphatic carbocycles. The van der Waals surface area contributed by atoms with Gasteiger partial charge in [0.05, 0.1) is 6.61 Å². The van der Waals surface area contributed by atoms with Crippen molar-refractivity contribution in [2.24, 2.45) is 5.92 Å². The molecule has 172 valence electrons. The molecule has 8 heteroatoms. The Morgan fingerprint density at radius 2 is 1.81 bits per heavy atom. The highest BCUT2D eigenvalue weighted by Gasteiger charge is 2.21. The maximum Gasteiger partial charge on any atom is 0.407 e. The van der Waals surface area contributed by atoms with Gasteiger partial charge in [0.1, 0.15) is 5.60 Å². The Morgan fingerprint density at radius 3 is 2.44 bits per heavy atom. The standard InChI is InChI=1S/C24H32N4O4/c1-17(29)28-10-8-18(9-11-28)16-31-22-25-14-21(15-26-22)20-7-5-6-19(12-20)13-27-23(30)32-24(2,3)4/h5-7,12,14-15,18H,8-11,13,16H2,1-4H3,(H,27,30). The number of alkyl carbamates (subject to hydrolysis) is 1. The molecule has 8 nitrogen and oxygen atoms in total. The lowest BCUT2D eigenvalue weighted by Crippen LogP contribution is -2.38. The summed E-state index contributed by atoms with van der Waals surface area (Å²) < 4.78 is 11.0. The zero-order valence-corrected chi connectivity index (χ0v) is 19.3. The van der Waals surface area contributed by atoms with E-state index in [0.29, 0.717) is 25.1 Å². The number of benzene rings is 1. The molecule has 0 radical (unpaired) electrons. The van der Waals surface area contributed by atoms with E-state index < -0.39 is 11.7 Å². The van der Waals surface area contributed by atoms with Crippen LogP contribution < -0.4 is 10.1 Å². The first-order chi connectivity index (χ1) is 15.2. The number of likely N-dealkylation sites (tertiary alicyclic amines) is 1. The van der Waals surface area contributed by atoms with Crippen LogP contribution in [-0.4, -0.2) is 52.2 Å². The van der Waals surface area contributed by atoms with Crippen molar-refractivity contribution in [2.75, 3.05) is 19.7 Å². The minimum Gasteiger partial charge on any atom is -0.463 e. The van der Waals surface area contributed by atoms with Crippen molar-refractivity contribution >= 4 is 12.0 Å². The summed E-state index contributed by atoms with van der Waals surface area (Å²) in [5.74, 6) is 0.538. The fourth-order valence-corrected chi connectivity index (χ4v) is 3.50. The van der Waals surface area contributed by atoms with Crippen molar-refractivity contribution in [1.82, 2.24) is 20.2 Å². The summed E-state index contributed by atoms with van der Waals surface area (Å²) in [6.45, 7) is 9.58. The first-order valence-electron chi connectivity index (χ1n) is 11.0. The summed E-state index contributed by atoms with van der Waals surface area (Å²) in [6, 6.07) is 8.18. The number of hydrogen-bond donors (Lipinski definition) is 1. The van der Waals surface area contributed by atoms with E-state index in [1.54, 1.807) is 19.3 Å². The van der Waals surface area contributed by atoms with Crippen LogP contribution in [0.15, 0.2) is 36.7 Å². The number of piperidine rings is 1. The highest BCUT2D eigenvalue weighted by molar-refractivity contribution is 5.73. The molecule has 1 saturated heterocycles. The predicted molar refractivity (Wildman–Crippen MR) is 121 cm³/mol. The fraction of sp³-hybridized carbons (Fsp3) is 0.500. The summed E-state index contributed by atoms with van der Waals surface area (Å²) >= 11 is 0. The van der Waals surface area contributed by atoms with Crippen LogP contribution in [-0.2, 0) is 16.1 Å². The fourth-order valence-electron chi connectivity index (χ4n) is 3.50. The van der Waals surface area contributed by atoms with Crippen molar-refractivity contribution in [2.45, 2.75) is 52.7 Å². The first kappa shape index (κ1) is 23.5. The average molecular weight is 441 g/mol. The number of carbonyl (C=O) groups is 2. The normalized spacial score (nSPS) is 14.7. The molecule has 2 heterocycles. The van der Waals surface area contributed by atoms with Crippen molar-refractivity contribution < 1.29 is 19.1 Å². The Hall–Kier alpha value is -3.16. The number of rotatable bonds is 6. The molecule has 1 aromatic carbocycles. The Balaban J connectivity index is 1.51. The Morgan fingerprint density at radius 1 is 1.12 bits per heavy atom. The van der Waals surface area contributed by atoms with Gasteiger partial charge in [-0.2, -0.15) is 0 Å². The number of carbonyl (C=O) groups excluding carboxylic acids is 2. The molecular formula is C24H32N4O4. The quantitative estimate of drug-likeness (QED) is 0.734. The Bertz CT molecular complexity index is 916. The van der Waals surface area contributed by atoms with Crippen LogP contribution in [0.4, 0.5) is 4.79 Å². The third-order valence-electron chi connectivity index (χ3n) is 5.23. The van der Waals surface area contributed by atoms with Gasteiger partial charge in [0.15, 0.2) is 0 Å². The van der Waals surface area contributed by atoms with Crippen LogP contribution in [0.5, 0.6) is 6.01 Å². The SMILES string of the molecule is CC(=O)N1CCC(COc2ncc(-c3cccc(CNC(=O)OC(C)(C)C)c3)cn2)CC1. The third-order valence-corrected chi connectivity index (χ3v) is 5.23. The minimum atomic E-state index is -0.529. The first-order valence-corrected chi connectivity index (χ1v) is 11.0. The molecule has 2 amide bonds. The number of amides is 2.